The minimum absolute atomic E-state index is 0.370. The summed E-state index contributed by atoms with van der Waals surface area (Å²) < 4.78 is 0. The first kappa shape index (κ1) is 12.3. The van der Waals surface area contributed by atoms with E-state index in [9.17, 15) is 0 Å². The lowest BCUT2D eigenvalue weighted by Crippen LogP contribution is -2.20. The van der Waals surface area contributed by atoms with E-state index in [2.05, 4.69) is 39.0 Å². The van der Waals surface area contributed by atoms with Crippen LogP contribution in [0.25, 0.3) is 0 Å². The van der Waals surface area contributed by atoms with Gasteiger partial charge in [0.05, 0.1) is 0 Å². The summed E-state index contributed by atoms with van der Waals surface area (Å²) in [6.07, 6.45) is 4.56. The molecule has 0 aromatic heterocycles. The van der Waals surface area contributed by atoms with Gasteiger partial charge in [-0.05, 0) is 49.8 Å². The Bertz CT molecular complexity index is 304. The fourth-order valence-electron chi connectivity index (χ4n) is 1.94. The van der Waals surface area contributed by atoms with Crippen molar-refractivity contribution in [3.8, 4) is 0 Å². The van der Waals surface area contributed by atoms with Crippen molar-refractivity contribution >= 4 is 0 Å². The van der Waals surface area contributed by atoms with Crippen LogP contribution in [0.1, 0.15) is 42.9 Å². The fourth-order valence-corrected chi connectivity index (χ4v) is 1.94. The number of rotatable bonds is 5. The van der Waals surface area contributed by atoms with Gasteiger partial charge in [-0.3, -0.25) is 0 Å². The highest BCUT2D eigenvalue weighted by Gasteiger charge is 2.04. The molecule has 1 aromatic rings. The summed E-state index contributed by atoms with van der Waals surface area (Å²) in [4.78, 5) is 0. The van der Waals surface area contributed by atoms with E-state index >= 15 is 0 Å². The molecular weight excluding hydrogens is 182 g/mol. The summed E-state index contributed by atoms with van der Waals surface area (Å²) in [5.74, 6) is 0. The van der Waals surface area contributed by atoms with E-state index in [0.29, 0.717) is 6.04 Å². The molecule has 0 bridgehead atoms. The molecule has 0 fully saturated rings. The summed E-state index contributed by atoms with van der Waals surface area (Å²) in [6, 6.07) is 6.91. The van der Waals surface area contributed by atoms with Gasteiger partial charge >= 0.3 is 0 Å². The molecular formula is C14H23N. The summed E-state index contributed by atoms with van der Waals surface area (Å²) in [5, 5.41) is 0. The van der Waals surface area contributed by atoms with E-state index in [1.807, 2.05) is 0 Å². The van der Waals surface area contributed by atoms with Gasteiger partial charge in [0.2, 0.25) is 0 Å². The predicted octanol–water partition coefficient (Wildman–Crippen LogP) is 3.36. The van der Waals surface area contributed by atoms with Crippen LogP contribution in [0.15, 0.2) is 18.2 Å². The summed E-state index contributed by atoms with van der Waals surface area (Å²) in [7, 11) is 0. The molecule has 1 nitrogen and oxygen atoms in total. The van der Waals surface area contributed by atoms with Gasteiger partial charge in [0.1, 0.15) is 0 Å². The minimum Gasteiger partial charge on any atom is -0.328 e. The van der Waals surface area contributed by atoms with Crippen molar-refractivity contribution in [2.75, 3.05) is 0 Å². The van der Waals surface area contributed by atoms with Gasteiger partial charge in [0, 0.05) is 6.04 Å². The second-order valence-corrected chi connectivity index (χ2v) is 4.45. The van der Waals surface area contributed by atoms with Crippen molar-refractivity contribution in [2.45, 2.75) is 52.5 Å². The summed E-state index contributed by atoms with van der Waals surface area (Å²) >= 11 is 0. The molecule has 0 aliphatic heterocycles. The van der Waals surface area contributed by atoms with Crippen LogP contribution in [0.2, 0.25) is 0 Å². The second kappa shape index (κ2) is 5.92. The Morgan fingerprint density at radius 2 is 1.93 bits per heavy atom. The Labute approximate surface area is 93.7 Å². The first-order valence-corrected chi connectivity index (χ1v) is 5.95. The molecule has 2 N–H and O–H groups in total. The van der Waals surface area contributed by atoms with Crippen molar-refractivity contribution in [3.63, 3.8) is 0 Å². The third kappa shape index (κ3) is 3.67. The molecule has 0 radical (unpaired) electrons. The van der Waals surface area contributed by atoms with E-state index < -0.39 is 0 Å². The van der Waals surface area contributed by atoms with Crippen LogP contribution >= 0.6 is 0 Å². The van der Waals surface area contributed by atoms with Gasteiger partial charge in [-0.15, -0.1) is 0 Å². The second-order valence-electron chi connectivity index (χ2n) is 4.45. The molecule has 1 atom stereocenters. The monoisotopic (exact) mass is 205 g/mol. The summed E-state index contributed by atoms with van der Waals surface area (Å²) in [6.45, 7) is 6.57. The van der Waals surface area contributed by atoms with Crippen LogP contribution in [0.5, 0.6) is 0 Å². The van der Waals surface area contributed by atoms with Crippen molar-refractivity contribution < 1.29 is 0 Å². The highest BCUT2D eigenvalue weighted by Crippen LogP contribution is 2.15. The Balaban J connectivity index is 2.54. The van der Waals surface area contributed by atoms with E-state index in [1.165, 1.54) is 23.1 Å². The molecule has 1 heteroatoms. The van der Waals surface area contributed by atoms with Gasteiger partial charge in [-0.25, -0.2) is 0 Å². The molecule has 0 spiro atoms. The number of hydrogen-bond acceptors (Lipinski definition) is 1. The highest BCUT2D eigenvalue weighted by atomic mass is 14.6. The Kier molecular flexibility index (Phi) is 4.83. The third-order valence-corrected chi connectivity index (χ3v) is 3.16. The average Bonchev–Trinajstić information content (AvgIpc) is 2.21. The zero-order valence-corrected chi connectivity index (χ0v) is 10.2. The summed E-state index contributed by atoms with van der Waals surface area (Å²) in [5.41, 5.74) is 10.3. The maximum Gasteiger partial charge on any atom is 0.00418 e. The van der Waals surface area contributed by atoms with Crippen LogP contribution in [-0.4, -0.2) is 6.04 Å². The first-order chi connectivity index (χ1) is 7.15. The van der Waals surface area contributed by atoms with Gasteiger partial charge in [-0.1, -0.05) is 31.5 Å². The molecule has 0 heterocycles. The standard InChI is InChI=1S/C14H23N/c1-4-6-14(15)10-9-13-8-5-7-11(2)12(13)3/h5,7-8,14H,4,6,9-10,15H2,1-3H3. The molecule has 0 aliphatic rings. The number of nitrogens with two attached hydrogens (primary N) is 1. The van der Waals surface area contributed by atoms with Crippen molar-refractivity contribution in [3.05, 3.63) is 34.9 Å². The van der Waals surface area contributed by atoms with Crippen molar-refractivity contribution in [2.24, 2.45) is 5.73 Å². The average molecular weight is 205 g/mol. The lowest BCUT2D eigenvalue weighted by Gasteiger charge is -2.12. The predicted molar refractivity (Wildman–Crippen MR) is 67.1 cm³/mol. The van der Waals surface area contributed by atoms with E-state index in [4.69, 9.17) is 5.73 Å². The Hall–Kier alpha value is -0.820. The van der Waals surface area contributed by atoms with E-state index in [0.717, 1.165) is 19.3 Å². The smallest absolute Gasteiger partial charge is 0.00418 e. The number of hydrogen-bond donors (Lipinski definition) is 1. The number of aryl methyl sites for hydroxylation is 2. The van der Waals surface area contributed by atoms with Crippen LogP contribution in [0, 0.1) is 13.8 Å². The molecule has 0 aliphatic carbocycles. The molecule has 1 unspecified atom stereocenters. The maximum absolute atomic E-state index is 6.02. The fraction of sp³-hybridized carbons (Fsp3) is 0.571. The lowest BCUT2D eigenvalue weighted by atomic mass is 9.97. The van der Waals surface area contributed by atoms with Crippen LogP contribution < -0.4 is 5.73 Å². The van der Waals surface area contributed by atoms with Crippen LogP contribution in [0.3, 0.4) is 0 Å². The molecule has 84 valence electrons. The molecule has 15 heavy (non-hydrogen) atoms. The van der Waals surface area contributed by atoms with Gasteiger partial charge in [-0.2, -0.15) is 0 Å². The third-order valence-electron chi connectivity index (χ3n) is 3.16. The van der Waals surface area contributed by atoms with Gasteiger partial charge < -0.3 is 5.73 Å². The largest absolute Gasteiger partial charge is 0.328 e. The van der Waals surface area contributed by atoms with Crippen LogP contribution in [0.4, 0.5) is 0 Å². The Morgan fingerprint density at radius 3 is 2.60 bits per heavy atom. The highest BCUT2D eigenvalue weighted by molar-refractivity contribution is 5.33. The molecule has 0 amide bonds. The number of benzene rings is 1. The quantitative estimate of drug-likeness (QED) is 0.783. The van der Waals surface area contributed by atoms with Gasteiger partial charge in [0.25, 0.3) is 0 Å². The Morgan fingerprint density at radius 1 is 1.20 bits per heavy atom. The SMILES string of the molecule is CCCC(N)CCc1cccc(C)c1C. The lowest BCUT2D eigenvalue weighted by molar-refractivity contribution is 0.560. The van der Waals surface area contributed by atoms with Gasteiger partial charge in [0.15, 0.2) is 0 Å². The molecule has 1 aromatic carbocycles. The zero-order valence-electron chi connectivity index (χ0n) is 10.2. The molecule has 0 saturated carbocycles. The molecule has 0 saturated heterocycles. The van der Waals surface area contributed by atoms with E-state index in [-0.39, 0.29) is 0 Å². The first-order valence-electron chi connectivity index (χ1n) is 5.95. The molecule has 1 rings (SSSR count). The topological polar surface area (TPSA) is 26.0 Å². The van der Waals surface area contributed by atoms with Crippen LogP contribution in [-0.2, 0) is 6.42 Å². The normalized spacial score (nSPS) is 12.8. The maximum atomic E-state index is 6.02. The minimum atomic E-state index is 0.370. The van der Waals surface area contributed by atoms with E-state index in [1.54, 1.807) is 0 Å². The van der Waals surface area contributed by atoms with Crippen molar-refractivity contribution in [1.82, 2.24) is 0 Å². The zero-order chi connectivity index (χ0) is 11.3. The van der Waals surface area contributed by atoms with Crippen molar-refractivity contribution in [1.29, 1.82) is 0 Å².